The van der Waals surface area contributed by atoms with E-state index in [1.165, 1.54) is 17.3 Å². The van der Waals surface area contributed by atoms with E-state index in [1.54, 1.807) is 0 Å². The molecule has 4 aromatic rings. The Morgan fingerprint density at radius 1 is 0.778 bits per heavy atom. The van der Waals surface area contributed by atoms with Crippen molar-refractivity contribution in [2.45, 2.75) is 10.9 Å². The van der Waals surface area contributed by atoms with Gasteiger partial charge >= 0.3 is 0 Å². The topological polar surface area (TPSA) is 55.8 Å². The van der Waals surface area contributed by atoms with Crippen LogP contribution in [0.25, 0.3) is 6.08 Å². The van der Waals surface area contributed by atoms with E-state index < -0.39 is 0 Å². The highest BCUT2D eigenvalue weighted by atomic mass is 35.5. The number of hydrogen-bond donors (Lipinski definition) is 0. The van der Waals surface area contributed by atoms with Crippen molar-refractivity contribution >= 4 is 58.5 Å². The molecule has 7 nitrogen and oxygen atoms in total. The van der Waals surface area contributed by atoms with Crippen LogP contribution in [0, 0.1) is 0 Å². The Morgan fingerprint density at radius 2 is 1.53 bits per heavy atom. The molecule has 45 heavy (non-hydrogen) atoms. The minimum absolute atomic E-state index is 0.0589. The van der Waals surface area contributed by atoms with Crippen LogP contribution in [0.5, 0.6) is 0 Å². The summed E-state index contributed by atoms with van der Waals surface area (Å²) < 4.78 is 0. The van der Waals surface area contributed by atoms with Gasteiger partial charge in [-0.2, -0.15) is 0 Å². The Labute approximate surface area is 279 Å². The highest BCUT2D eigenvalue weighted by Crippen LogP contribution is 2.26. The Bertz CT molecular complexity index is 1620. The van der Waals surface area contributed by atoms with Crippen LogP contribution < -0.4 is 9.80 Å². The highest BCUT2D eigenvalue weighted by molar-refractivity contribution is 7.98. The van der Waals surface area contributed by atoms with Crippen molar-refractivity contribution in [3.05, 3.63) is 118 Å². The lowest BCUT2D eigenvalue weighted by molar-refractivity contribution is 0.0746. The average molecular weight is 660 g/mol. The highest BCUT2D eigenvalue weighted by Gasteiger charge is 2.23. The van der Waals surface area contributed by atoms with E-state index in [0.717, 1.165) is 67.9 Å². The van der Waals surface area contributed by atoms with E-state index in [4.69, 9.17) is 28.2 Å². The standard InChI is InChI=1S/C35H36Cl2N6OS/c36-30-12-5-13-31(24-30)41-19-21-43(22-20-41)34(44)29-11-4-9-28(23-29)26-45-35-38-32(37)25-33(39-35)42-17-15-40(16-18-42)14-6-10-27-7-2-1-3-8-27/h1-13,23-25H,14-22,26H2/b10-6+. The number of carbonyl (C=O) groups is 1. The number of aromatic nitrogens is 2. The second kappa shape index (κ2) is 15.1. The third-order valence-corrected chi connectivity index (χ3v) is 9.46. The first-order valence-electron chi connectivity index (χ1n) is 15.3. The van der Waals surface area contributed by atoms with Crippen molar-refractivity contribution in [1.29, 1.82) is 0 Å². The van der Waals surface area contributed by atoms with Gasteiger partial charge in [0.25, 0.3) is 5.91 Å². The van der Waals surface area contributed by atoms with Crippen molar-refractivity contribution in [1.82, 2.24) is 19.8 Å². The van der Waals surface area contributed by atoms with Crippen LogP contribution >= 0.6 is 35.0 Å². The lowest BCUT2D eigenvalue weighted by atomic mass is 10.1. The normalized spacial score (nSPS) is 16.0. The zero-order valence-corrected chi connectivity index (χ0v) is 27.4. The molecule has 0 unspecified atom stereocenters. The number of halogens is 2. The summed E-state index contributed by atoms with van der Waals surface area (Å²) in [7, 11) is 0. The number of benzene rings is 3. The second-order valence-electron chi connectivity index (χ2n) is 11.2. The van der Waals surface area contributed by atoms with E-state index in [9.17, 15) is 4.79 Å². The average Bonchev–Trinajstić information content (AvgIpc) is 3.08. The zero-order chi connectivity index (χ0) is 31.0. The summed E-state index contributed by atoms with van der Waals surface area (Å²) in [5, 5.41) is 1.80. The van der Waals surface area contributed by atoms with Crippen LogP contribution in [0.15, 0.2) is 96.2 Å². The molecule has 0 aliphatic carbocycles. The van der Waals surface area contributed by atoms with Gasteiger partial charge in [-0.15, -0.1) is 0 Å². The maximum Gasteiger partial charge on any atom is 0.253 e. The van der Waals surface area contributed by atoms with Gasteiger partial charge in [0, 0.05) is 87.0 Å². The maximum absolute atomic E-state index is 13.4. The van der Waals surface area contributed by atoms with Crippen molar-refractivity contribution in [2.75, 3.05) is 68.7 Å². The van der Waals surface area contributed by atoms with E-state index in [-0.39, 0.29) is 5.91 Å². The molecule has 0 bridgehead atoms. The summed E-state index contributed by atoms with van der Waals surface area (Å²) in [6.45, 7) is 7.49. The fraction of sp³-hybridized carbons (Fsp3) is 0.286. The first-order chi connectivity index (χ1) is 22.0. The summed E-state index contributed by atoms with van der Waals surface area (Å²) in [4.78, 5) is 31.6. The monoisotopic (exact) mass is 658 g/mol. The molecule has 0 N–H and O–H groups in total. The number of nitrogens with zero attached hydrogens (tertiary/aromatic N) is 6. The first kappa shape index (κ1) is 31.4. The Kier molecular flexibility index (Phi) is 10.6. The Hall–Kier alpha value is -3.56. The van der Waals surface area contributed by atoms with Crippen LogP contribution in [0.2, 0.25) is 10.2 Å². The molecule has 2 aliphatic rings. The number of thioether (sulfide) groups is 1. The Morgan fingerprint density at radius 3 is 2.31 bits per heavy atom. The lowest BCUT2D eigenvalue weighted by Gasteiger charge is -2.36. The molecule has 0 spiro atoms. The third-order valence-electron chi connectivity index (χ3n) is 8.11. The number of anilines is 2. The van der Waals surface area contributed by atoms with Gasteiger partial charge in [0.05, 0.1) is 0 Å². The van der Waals surface area contributed by atoms with Gasteiger partial charge in [0.1, 0.15) is 11.0 Å². The number of amides is 1. The predicted octanol–water partition coefficient (Wildman–Crippen LogP) is 6.87. The van der Waals surface area contributed by atoms with Crippen LogP contribution in [0.1, 0.15) is 21.5 Å². The predicted molar refractivity (Wildman–Crippen MR) is 187 cm³/mol. The molecular weight excluding hydrogens is 623 g/mol. The molecule has 2 saturated heterocycles. The summed E-state index contributed by atoms with van der Waals surface area (Å²) in [5.74, 6) is 1.56. The smallest absolute Gasteiger partial charge is 0.253 e. The molecule has 3 heterocycles. The summed E-state index contributed by atoms with van der Waals surface area (Å²) in [5.41, 5.74) is 4.06. The van der Waals surface area contributed by atoms with Crippen molar-refractivity contribution in [3.8, 4) is 0 Å². The molecule has 232 valence electrons. The van der Waals surface area contributed by atoms with Crippen molar-refractivity contribution in [3.63, 3.8) is 0 Å². The summed E-state index contributed by atoms with van der Waals surface area (Å²) in [6, 6.07) is 28.0. The van der Waals surface area contributed by atoms with Gasteiger partial charge in [-0.3, -0.25) is 9.69 Å². The molecule has 0 atom stereocenters. The third kappa shape index (κ3) is 8.58. The van der Waals surface area contributed by atoms with Gasteiger partial charge in [0.2, 0.25) is 0 Å². The minimum atomic E-state index is 0.0589. The fourth-order valence-electron chi connectivity index (χ4n) is 5.64. The van der Waals surface area contributed by atoms with E-state index >= 15 is 0 Å². The van der Waals surface area contributed by atoms with Crippen LogP contribution in [0.3, 0.4) is 0 Å². The number of piperazine rings is 2. The van der Waals surface area contributed by atoms with Gasteiger partial charge in [-0.05, 0) is 41.5 Å². The fourth-order valence-corrected chi connectivity index (χ4v) is 6.85. The number of carbonyl (C=O) groups excluding carboxylic acids is 1. The SMILES string of the molecule is O=C(c1cccc(CSc2nc(Cl)cc(N3CCN(C/C=C/c4ccccc4)CC3)n2)c1)N1CCN(c2cccc(Cl)c2)CC1. The van der Waals surface area contributed by atoms with Crippen LogP contribution in [-0.4, -0.2) is 84.6 Å². The molecule has 0 radical (unpaired) electrons. The number of hydrogen-bond acceptors (Lipinski definition) is 7. The molecule has 10 heteroatoms. The minimum Gasteiger partial charge on any atom is -0.368 e. The molecule has 2 aliphatic heterocycles. The molecule has 3 aromatic carbocycles. The van der Waals surface area contributed by atoms with Gasteiger partial charge in [-0.1, -0.05) is 95.6 Å². The van der Waals surface area contributed by atoms with E-state index in [0.29, 0.717) is 34.7 Å². The summed E-state index contributed by atoms with van der Waals surface area (Å²) >= 11 is 14.2. The van der Waals surface area contributed by atoms with Crippen molar-refractivity contribution in [2.24, 2.45) is 0 Å². The largest absolute Gasteiger partial charge is 0.368 e. The molecule has 1 aromatic heterocycles. The Balaban J connectivity index is 1.00. The lowest BCUT2D eigenvalue weighted by Crippen LogP contribution is -2.48. The maximum atomic E-state index is 13.4. The summed E-state index contributed by atoms with van der Waals surface area (Å²) in [6.07, 6.45) is 4.41. The van der Waals surface area contributed by atoms with Gasteiger partial charge in [-0.25, -0.2) is 9.97 Å². The first-order valence-corrected chi connectivity index (χ1v) is 17.0. The van der Waals surface area contributed by atoms with E-state index in [1.807, 2.05) is 59.5 Å². The van der Waals surface area contributed by atoms with Crippen LogP contribution in [0.4, 0.5) is 11.5 Å². The quantitative estimate of drug-likeness (QED) is 0.110. The van der Waals surface area contributed by atoms with Gasteiger partial charge in [0.15, 0.2) is 5.16 Å². The van der Waals surface area contributed by atoms with Gasteiger partial charge < -0.3 is 14.7 Å². The molecule has 0 saturated carbocycles. The van der Waals surface area contributed by atoms with E-state index in [2.05, 4.69) is 62.2 Å². The molecule has 2 fully saturated rings. The molecule has 1 amide bonds. The molecule has 6 rings (SSSR count). The second-order valence-corrected chi connectivity index (χ2v) is 12.9. The van der Waals surface area contributed by atoms with Crippen molar-refractivity contribution < 1.29 is 4.79 Å². The molecular formula is C35H36Cl2N6OS. The van der Waals surface area contributed by atoms with Crippen LogP contribution in [-0.2, 0) is 5.75 Å². The zero-order valence-electron chi connectivity index (χ0n) is 25.1. The number of rotatable bonds is 9.